The predicted octanol–water partition coefficient (Wildman–Crippen LogP) is 2.55. The minimum Gasteiger partial charge on any atom is -0.350 e. The maximum atomic E-state index is 12.8. The van der Waals surface area contributed by atoms with Gasteiger partial charge in [0.2, 0.25) is 5.91 Å². The fourth-order valence-corrected chi connectivity index (χ4v) is 4.97. The summed E-state index contributed by atoms with van der Waals surface area (Å²) >= 11 is 1.42. The summed E-state index contributed by atoms with van der Waals surface area (Å²) in [7, 11) is 1.77. The lowest BCUT2D eigenvalue weighted by atomic mass is 10.2. The molecule has 29 heavy (non-hydrogen) atoms. The molecule has 1 aromatic carbocycles. The minimum atomic E-state index is -0.258. The van der Waals surface area contributed by atoms with Crippen molar-refractivity contribution >= 4 is 32.7 Å². The maximum absolute atomic E-state index is 12.8. The Morgan fingerprint density at radius 3 is 2.76 bits per heavy atom. The van der Waals surface area contributed by atoms with Crippen molar-refractivity contribution in [2.45, 2.75) is 44.2 Å². The van der Waals surface area contributed by atoms with Crippen molar-refractivity contribution in [3.8, 4) is 0 Å². The quantitative estimate of drug-likeness (QED) is 0.701. The lowest BCUT2D eigenvalue weighted by molar-refractivity contribution is -0.122. The first kappa shape index (κ1) is 18.3. The van der Waals surface area contributed by atoms with Crippen LogP contribution in [0.5, 0.6) is 0 Å². The zero-order valence-corrected chi connectivity index (χ0v) is 17.1. The number of carbonyl (C=O) groups is 1. The van der Waals surface area contributed by atoms with E-state index in [0.717, 1.165) is 48.7 Å². The summed E-state index contributed by atoms with van der Waals surface area (Å²) in [6.45, 7) is 1.27. The van der Waals surface area contributed by atoms with E-state index in [1.54, 1.807) is 11.6 Å². The van der Waals surface area contributed by atoms with E-state index in [1.807, 2.05) is 35.2 Å². The first-order valence-electron chi connectivity index (χ1n) is 10.1. The van der Waals surface area contributed by atoms with Gasteiger partial charge in [-0.3, -0.25) is 14.2 Å². The molecule has 2 aliphatic rings. The maximum Gasteiger partial charge on any atom is 0.280 e. The third kappa shape index (κ3) is 3.42. The van der Waals surface area contributed by atoms with Crippen molar-refractivity contribution in [2.75, 3.05) is 11.4 Å². The van der Waals surface area contributed by atoms with Crippen LogP contribution in [0.1, 0.15) is 43.0 Å². The van der Waals surface area contributed by atoms with Crippen LogP contribution in [-0.2, 0) is 18.4 Å². The number of thiazole rings is 1. The number of rotatable bonds is 5. The summed E-state index contributed by atoms with van der Waals surface area (Å²) in [6.07, 6.45) is 3.90. The average molecular weight is 410 g/mol. The molecule has 2 aromatic heterocycles. The first-order valence-corrected chi connectivity index (χ1v) is 10.9. The van der Waals surface area contributed by atoms with Crippen LogP contribution in [0.15, 0.2) is 35.1 Å². The number of anilines is 1. The van der Waals surface area contributed by atoms with Gasteiger partial charge in [0.15, 0.2) is 15.5 Å². The summed E-state index contributed by atoms with van der Waals surface area (Å²) < 4.78 is 1.64. The molecule has 7 nitrogen and oxygen atoms in total. The van der Waals surface area contributed by atoms with Crippen LogP contribution in [-0.4, -0.2) is 33.0 Å². The van der Waals surface area contributed by atoms with E-state index in [4.69, 9.17) is 4.98 Å². The molecule has 2 fully saturated rings. The lowest BCUT2D eigenvalue weighted by Crippen LogP contribution is -2.43. The molecule has 1 unspecified atom stereocenters. The Morgan fingerprint density at radius 1 is 1.21 bits per heavy atom. The van der Waals surface area contributed by atoms with Crippen molar-refractivity contribution in [2.24, 2.45) is 7.05 Å². The second kappa shape index (κ2) is 7.26. The number of nitrogens with one attached hydrogen (secondary N) is 1. The van der Waals surface area contributed by atoms with Crippen molar-refractivity contribution in [3.63, 3.8) is 0 Å². The Morgan fingerprint density at radius 2 is 2.00 bits per heavy atom. The highest BCUT2D eigenvalue weighted by Crippen LogP contribution is 2.39. The third-order valence-electron chi connectivity index (χ3n) is 5.72. The first-order chi connectivity index (χ1) is 14.1. The Bertz CT molecular complexity index is 1120. The van der Waals surface area contributed by atoms with Gasteiger partial charge in [0, 0.05) is 26.1 Å². The molecule has 1 saturated heterocycles. The molecule has 1 atom stereocenters. The molecule has 0 spiro atoms. The smallest absolute Gasteiger partial charge is 0.280 e. The van der Waals surface area contributed by atoms with Crippen LogP contribution in [0.3, 0.4) is 0 Å². The molecule has 150 valence electrons. The summed E-state index contributed by atoms with van der Waals surface area (Å²) in [5.74, 6) is 1.26. The molecule has 1 saturated carbocycles. The minimum absolute atomic E-state index is 0.00476. The number of amides is 1. The SMILES string of the molecule is Cn1c(C2CC2)nc2sc(N3CCCC3C(=O)NCc3ccccc3)nc2c1=O. The van der Waals surface area contributed by atoms with Crippen LogP contribution in [0.4, 0.5) is 5.13 Å². The van der Waals surface area contributed by atoms with Crippen molar-refractivity contribution in [1.29, 1.82) is 0 Å². The van der Waals surface area contributed by atoms with Crippen molar-refractivity contribution in [1.82, 2.24) is 19.9 Å². The predicted molar refractivity (Wildman–Crippen MR) is 113 cm³/mol. The van der Waals surface area contributed by atoms with E-state index in [9.17, 15) is 9.59 Å². The number of carbonyl (C=O) groups excluding carboxylic acids is 1. The van der Waals surface area contributed by atoms with Gasteiger partial charge >= 0.3 is 0 Å². The topological polar surface area (TPSA) is 80.1 Å². The van der Waals surface area contributed by atoms with E-state index >= 15 is 0 Å². The Hall–Kier alpha value is -2.74. The third-order valence-corrected chi connectivity index (χ3v) is 6.70. The molecule has 3 aromatic rings. The van der Waals surface area contributed by atoms with Gasteiger partial charge in [-0.1, -0.05) is 41.7 Å². The zero-order chi connectivity index (χ0) is 20.0. The number of hydrogen-bond donors (Lipinski definition) is 1. The summed E-state index contributed by atoms with van der Waals surface area (Å²) in [5, 5.41) is 3.76. The molecule has 1 N–H and O–H groups in total. The molecule has 0 radical (unpaired) electrons. The number of aromatic nitrogens is 3. The largest absolute Gasteiger partial charge is 0.350 e. The van der Waals surface area contributed by atoms with E-state index in [2.05, 4.69) is 10.3 Å². The summed E-state index contributed by atoms with van der Waals surface area (Å²) in [5.41, 5.74) is 1.39. The van der Waals surface area contributed by atoms with Crippen molar-refractivity contribution < 1.29 is 4.79 Å². The Balaban J connectivity index is 1.39. The highest BCUT2D eigenvalue weighted by atomic mass is 32.1. The second-order valence-electron chi connectivity index (χ2n) is 7.81. The second-order valence-corrected chi connectivity index (χ2v) is 8.77. The van der Waals surface area contributed by atoms with E-state index in [0.29, 0.717) is 22.8 Å². The van der Waals surface area contributed by atoms with Gasteiger partial charge in [0.05, 0.1) is 0 Å². The van der Waals surface area contributed by atoms with Crippen LogP contribution in [0.2, 0.25) is 0 Å². The number of benzene rings is 1. The molecular formula is C21H23N5O2S. The van der Waals surface area contributed by atoms with Gasteiger partial charge in [-0.2, -0.15) is 0 Å². The number of nitrogens with zero attached hydrogens (tertiary/aromatic N) is 4. The average Bonchev–Trinajstić information content (AvgIpc) is 3.30. The van der Waals surface area contributed by atoms with E-state index < -0.39 is 0 Å². The standard InChI is InChI=1S/C21H23N5O2S/c1-25-17(14-9-10-14)24-19-16(20(25)28)23-21(29-19)26-11-5-8-15(26)18(27)22-12-13-6-3-2-4-7-13/h2-4,6-7,14-15H,5,8-12H2,1H3,(H,22,27). The van der Waals surface area contributed by atoms with Gasteiger partial charge in [0.25, 0.3) is 5.56 Å². The fourth-order valence-electron chi connectivity index (χ4n) is 3.96. The fraction of sp³-hybridized carbons (Fsp3) is 0.429. The monoisotopic (exact) mass is 409 g/mol. The van der Waals surface area contributed by atoms with Gasteiger partial charge in [-0.25, -0.2) is 9.97 Å². The molecule has 5 rings (SSSR count). The molecule has 8 heteroatoms. The Kier molecular flexibility index (Phi) is 4.58. The summed E-state index contributed by atoms with van der Waals surface area (Å²) in [6, 6.07) is 9.63. The normalized spacial score (nSPS) is 19.1. The van der Waals surface area contributed by atoms with Crippen LogP contribution < -0.4 is 15.8 Å². The molecule has 1 amide bonds. The van der Waals surface area contributed by atoms with Crippen LogP contribution in [0.25, 0.3) is 10.3 Å². The number of hydrogen-bond acceptors (Lipinski definition) is 6. The van der Waals surface area contributed by atoms with Crippen molar-refractivity contribution in [3.05, 3.63) is 52.1 Å². The van der Waals surface area contributed by atoms with Gasteiger partial charge in [0.1, 0.15) is 11.9 Å². The van der Waals surface area contributed by atoms with Gasteiger partial charge < -0.3 is 10.2 Å². The number of fused-ring (bicyclic) bond motifs is 1. The van der Waals surface area contributed by atoms with Gasteiger partial charge in [-0.15, -0.1) is 0 Å². The molecular weight excluding hydrogens is 386 g/mol. The summed E-state index contributed by atoms with van der Waals surface area (Å²) in [4.78, 5) is 37.6. The zero-order valence-electron chi connectivity index (χ0n) is 16.3. The van der Waals surface area contributed by atoms with E-state index in [1.165, 1.54) is 11.3 Å². The lowest BCUT2D eigenvalue weighted by Gasteiger charge is -2.23. The van der Waals surface area contributed by atoms with Gasteiger partial charge in [-0.05, 0) is 31.2 Å². The van der Waals surface area contributed by atoms with Crippen LogP contribution in [0, 0.1) is 0 Å². The molecule has 0 bridgehead atoms. The van der Waals surface area contributed by atoms with E-state index in [-0.39, 0.29) is 17.5 Å². The Labute approximate surface area is 172 Å². The molecule has 1 aliphatic heterocycles. The molecule has 3 heterocycles. The molecule has 1 aliphatic carbocycles. The highest BCUT2D eigenvalue weighted by molar-refractivity contribution is 7.21. The van der Waals surface area contributed by atoms with Crippen LogP contribution >= 0.6 is 11.3 Å². The highest BCUT2D eigenvalue weighted by Gasteiger charge is 2.34.